The van der Waals surface area contributed by atoms with Gasteiger partial charge in [-0.15, -0.1) is 94.3 Å². The van der Waals surface area contributed by atoms with Crippen LogP contribution in [0.1, 0.15) is 33.4 Å². The van der Waals surface area contributed by atoms with Crippen LogP contribution in [-0.4, -0.2) is 23.7 Å². The molecule has 0 aliphatic heterocycles. The zero-order valence-electron chi connectivity index (χ0n) is 33.7. The summed E-state index contributed by atoms with van der Waals surface area (Å²) in [6.07, 6.45) is 1.77. The van der Waals surface area contributed by atoms with E-state index in [-0.39, 0.29) is 0 Å². The number of hydrogen-bond donors (Lipinski definition) is 2. The van der Waals surface area contributed by atoms with Crippen molar-refractivity contribution in [2.75, 3.05) is 14.2 Å². The second kappa shape index (κ2) is 22.8. The van der Waals surface area contributed by atoms with Crippen LogP contribution in [0.5, 0.6) is 11.5 Å². The molecule has 0 saturated heterocycles. The number of thiol groups is 2. The van der Waals surface area contributed by atoms with Gasteiger partial charge in [-0.25, -0.2) is 0 Å². The van der Waals surface area contributed by atoms with Crippen molar-refractivity contribution in [3.63, 3.8) is 0 Å². The molecule has 8 rings (SSSR count). The van der Waals surface area contributed by atoms with E-state index in [1.807, 2.05) is 12.1 Å². The third-order valence-corrected chi connectivity index (χ3v) is 10.3. The minimum atomic E-state index is -0.826. The Bertz CT molecular complexity index is 2350. The number of rotatable bonds is 8. The summed E-state index contributed by atoms with van der Waals surface area (Å²) in [5, 5.41) is 5.27. The number of fused-ring (bicyclic) bond motifs is 2. The van der Waals surface area contributed by atoms with Crippen LogP contribution in [0.4, 0.5) is 0 Å². The zero-order valence-corrected chi connectivity index (χ0v) is 40.5. The summed E-state index contributed by atoms with van der Waals surface area (Å²) in [5.41, 5.74) is 12.8. The average molecular weight is 935 g/mol. The first-order valence-electron chi connectivity index (χ1n) is 18.9. The summed E-state index contributed by atoms with van der Waals surface area (Å²) in [7, 11) is 14.3. The molecule has 0 saturated carbocycles. The molecule has 0 bridgehead atoms. The molecule has 0 aliphatic rings. The first kappa shape index (κ1) is 45.6. The van der Waals surface area contributed by atoms with Crippen LogP contribution in [0.3, 0.4) is 0 Å². The normalized spacial score (nSPS) is 10.4. The van der Waals surface area contributed by atoms with Crippen LogP contribution in [-0.2, 0) is 33.7 Å². The maximum absolute atomic E-state index is 5.28. The Morgan fingerprint density at radius 1 is 0.534 bits per heavy atom. The minimum absolute atomic E-state index is 0.811. The van der Waals surface area contributed by atoms with Crippen LogP contribution < -0.4 is 9.47 Å². The number of ether oxygens (including phenoxy) is 2. The van der Waals surface area contributed by atoms with E-state index in [1.54, 1.807) is 14.2 Å². The van der Waals surface area contributed by atoms with Crippen LogP contribution >= 0.6 is 42.3 Å². The van der Waals surface area contributed by atoms with Crippen molar-refractivity contribution in [1.82, 2.24) is 0 Å². The van der Waals surface area contributed by atoms with Gasteiger partial charge in [0.15, 0.2) is 0 Å². The third-order valence-electron chi connectivity index (χ3n) is 9.62. The summed E-state index contributed by atoms with van der Waals surface area (Å²) in [5.74, 6) is 1.62. The van der Waals surface area contributed by atoms with Crippen molar-refractivity contribution >= 4 is 73.3 Å². The Kier molecular flexibility index (Phi) is 17.9. The summed E-state index contributed by atoms with van der Waals surface area (Å²) in [6, 6.07) is 52.1. The number of benzene rings is 6. The number of aryl methyl sites for hydroxylation is 2. The van der Waals surface area contributed by atoms with Crippen LogP contribution in [0.2, 0.25) is 13.1 Å². The molecular formula is C50H48Cl2O2S2SiZr. The molecule has 8 aromatic carbocycles. The molecule has 0 aliphatic carbocycles. The molecule has 0 aromatic heterocycles. The van der Waals surface area contributed by atoms with Gasteiger partial charge in [-0.2, -0.15) is 12.1 Å². The first-order chi connectivity index (χ1) is 28.1. The van der Waals surface area contributed by atoms with Crippen molar-refractivity contribution in [3.8, 4) is 33.8 Å². The molecule has 0 amide bonds. The second-order valence-electron chi connectivity index (χ2n) is 14.0. The van der Waals surface area contributed by atoms with Gasteiger partial charge in [0.1, 0.15) is 11.5 Å². The molecule has 8 aromatic rings. The molecular weight excluding hydrogens is 887 g/mol. The van der Waals surface area contributed by atoms with Gasteiger partial charge in [0, 0.05) is 19.3 Å². The van der Waals surface area contributed by atoms with E-state index >= 15 is 0 Å². The van der Waals surface area contributed by atoms with Crippen molar-refractivity contribution < 1.29 is 30.3 Å². The molecule has 0 fully saturated rings. The van der Waals surface area contributed by atoms with Crippen LogP contribution in [0, 0.1) is 13.8 Å². The predicted octanol–water partition coefficient (Wildman–Crippen LogP) is 15.0. The van der Waals surface area contributed by atoms with Crippen LogP contribution in [0.25, 0.3) is 43.8 Å². The molecule has 58 heavy (non-hydrogen) atoms. The average Bonchev–Trinajstić information content (AvgIpc) is 3.80. The van der Waals surface area contributed by atoms with Gasteiger partial charge >= 0.3 is 37.9 Å². The van der Waals surface area contributed by atoms with Gasteiger partial charge in [-0.1, -0.05) is 111 Å². The van der Waals surface area contributed by atoms with Gasteiger partial charge in [0.25, 0.3) is 0 Å². The van der Waals surface area contributed by atoms with Gasteiger partial charge in [0.2, 0.25) is 0 Å². The molecule has 0 heterocycles. The molecule has 0 spiro atoms. The van der Waals surface area contributed by atoms with Crippen molar-refractivity contribution in [3.05, 3.63) is 179 Å². The first-order valence-corrected chi connectivity index (χ1v) is 28.1. The van der Waals surface area contributed by atoms with E-state index in [2.05, 4.69) is 186 Å². The molecule has 0 unspecified atom stereocenters. The molecule has 0 N–H and O–H groups in total. The van der Waals surface area contributed by atoms with Crippen molar-refractivity contribution in [1.29, 1.82) is 0 Å². The monoisotopic (exact) mass is 932 g/mol. The van der Waals surface area contributed by atoms with Crippen LogP contribution in [0.15, 0.2) is 155 Å². The van der Waals surface area contributed by atoms with Gasteiger partial charge in [0.05, 0.1) is 14.2 Å². The Morgan fingerprint density at radius 2 is 0.879 bits per heavy atom. The van der Waals surface area contributed by atoms with Gasteiger partial charge in [-0.3, -0.25) is 0 Å². The van der Waals surface area contributed by atoms with E-state index in [4.69, 9.17) is 26.5 Å². The van der Waals surface area contributed by atoms with E-state index in [0.717, 1.165) is 43.7 Å². The summed E-state index contributed by atoms with van der Waals surface area (Å²) in [4.78, 5) is 1.75. The molecule has 294 valence electrons. The molecule has 2 radical (unpaired) electrons. The fourth-order valence-corrected chi connectivity index (χ4v) is 7.70. The fraction of sp³-hybridized carbons (Fsp3) is 0.160. The van der Waals surface area contributed by atoms with E-state index in [9.17, 15) is 0 Å². The van der Waals surface area contributed by atoms with Gasteiger partial charge in [-0.05, 0) is 70.5 Å². The SMILES string of the molecule is COc1ccc(Cc2ccc(-c3cccc4[cH-]c(C)cc34)cc2)cc1S.COc1ccc(Cc2ccc(-c3cccc4[cH-]c(C)cc34)cc2)cc1S.C[Si]C.[Cl][Zr+2][Cl]. The Labute approximate surface area is 377 Å². The molecule has 2 nitrogen and oxygen atoms in total. The standard InChI is InChI=1S/2C24H21OS.C2H6Si.2ClH.Zr/c2*1-16-12-20-4-3-5-21(22(20)13-16)19-9-6-17(7-10-19)14-18-8-11-23(25-2)24(26)15-18;1-3-2;;;/h2*3-13,15,26H,14H2,1-2H3;1-2H3;2*1H;/q2*-1;;;;+4/p-2. The Morgan fingerprint density at radius 3 is 1.21 bits per heavy atom. The zero-order chi connectivity index (χ0) is 41.6. The number of halogens is 2. The molecule has 0 atom stereocenters. The van der Waals surface area contributed by atoms with E-state index in [1.165, 1.54) is 77.2 Å². The summed E-state index contributed by atoms with van der Waals surface area (Å²) >= 11 is 8.15. The number of hydrogen-bond acceptors (Lipinski definition) is 4. The van der Waals surface area contributed by atoms with Crippen molar-refractivity contribution in [2.45, 2.75) is 49.6 Å². The second-order valence-corrected chi connectivity index (χ2v) is 19.7. The topological polar surface area (TPSA) is 18.5 Å². The van der Waals surface area contributed by atoms with E-state index < -0.39 is 20.8 Å². The summed E-state index contributed by atoms with van der Waals surface area (Å²) in [6.45, 7) is 8.61. The number of methoxy groups -OCH3 is 2. The van der Waals surface area contributed by atoms with E-state index in [0.29, 0.717) is 0 Å². The Hall–Kier alpha value is -3.48. The third kappa shape index (κ3) is 12.3. The maximum atomic E-state index is 5.28. The molecule has 8 heteroatoms. The quantitative estimate of drug-likeness (QED) is 0.0898. The Balaban J connectivity index is 0.000000195. The van der Waals surface area contributed by atoms with Gasteiger partial charge < -0.3 is 9.47 Å². The predicted molar refractivity (Wildman–Crippen MR) is 255 cm³/mol. The fourth-order valence-electron chi connectivity index (χ4n) is 7.04. The summed E-state index contributed by atoms with van der Waals surface area (Å²) < 4.78 is 10.6. The van der Waals surface area contributed by atoms with Crippen molar-refractivity contribution in [2.24, 2.45) is 0 Å².